The minimum atomic E-state index is 0.421. The zero-order chi connectivity index (χ0) is 14.2. The molecule has 0 aliphatic carbocycles. The van der Waals surface area contributed by atoms with E-state index in [0.29, 0.717) is 11.7 Å². The zero-order valence-corrected chi connectivity index (χ0v) is 12.3. The molecule has 1 aliphatic rings. The number of hydrogen-bond donors (Lipinski definition) is 2. The average Bonchev–Trinajstić information content (AvgIpc) is 3.16. The number of fused-ring (bicyclic) bond motifs is 1. The van der Waals surface area contributed by atoms with Gasteiger partial charge in [0, 0.05) is 23.9 Å². The molecule has 1 atom stereocenters. The van der Waals surface area contributed by atoms with Crippen molar-refractivity contribution in [2.24, 2.45) is 0 Å². The minimum Gasteiger partial charge on any atom is -0.384 e. The SMILES string of the molecule is Nc1cc(C2CCCNC2)nc2c(-c3cscn3)cnn12. The van der Waals surface area contributed by atoms with Gasteiger partial charge in [-0.05, 0) is 19.4 Å². The Morgan fingerprint density at radius 3 is 3.14 bits per heavy atom. The Morgan fingerprint density at radius 1 is 1.43 bits per heavy atom. The largest absolute Gasteiger partial charge is 0.384 e. The van der Waals surface area contributed by atoms with Crippen LogP contribution in [0, 0.1) is 0 Å². The van der Waals surface area contributed by atoms with Crippen LogP contribution in [-0.2, 0) is 0 Å². The molecule has 0 amide bonds. The van der Waals surface area contributed by atoms with Gasteiger partial charge in [0.2, 0.25) is 0 Å². The molecule has 3 N–H and O–H groups in total. The van der Waals surface area contributed by atoms with Crippen LogP contribution in [0.15, 0.2) is 23.2 Å². The number of thiazole rings is 1. The fraction of sp³-hybridized carbons (Fsp3) is 0.357. The predicted molar refractivity (Wildman–Crippen MR) is 83.4 cm³/mol. The molecule has 3 aromatic rings. The molecule has 0 spiro atoms. The molecule has 0 radical (unpaired) electrons. The minimum absolute atomic E-state index is 0.421. The molecule has 108 valence electrons. The standard InChI is InChI=1S/C14H16N6S/c15-13-4-11(9-2-1-3-16-5-9)19-14-10(6-18-20(13)14)12-7-21-8-17-12/h4,6-9,16H,1-3,5,15H2. The Labute approximate surface area is 126 Å². The molecule has 3 aromatic heterocycles. The van der Waals surface area contributed by atoms with E-state index in [1.54, 1.807) is 22.0 Å². The molecule has 1 aliphatic heterocycles. The summed E-state index contributed by atoms with van der Waals surface area (Å²) in [7, 11) is 0. The molecule has 1 saturated heterocycles. The van der Waals surface area contributed by atoms with Crippen molar-refractivity contribution in [2.75, 3.05) is 18.8 Å². The van der Waals surface area contributed by atoms with E-state index < -0.39 is 0 Å². The van der Waals surface area contributed by atoms with Crippen LogP contribution >= 0.6 is 11.3 Å². The normalized spacial score (nSPS) is 19.1. The molecule has 7 heteroatoms. The number of aromatic nitrogens is 4. The maximum atomic E-state index is 6.15. The molecule has 0 saturated carbocycles. The Balaban J connectivity index is 1.85. The van der Waals surface area contributed by atoms with Crippen LogP contribution in [0.1, 0.15) is 24.5 Å². The summed E-state index contributed by atoms with van der Waals surface area (Å²) in [6, 6.07) is 1.95. The van der Waals surface area contributed by atoms with Crippen LogP contribution in [0.25, 0.3) is 16.9 Å². The van der Waals surface area contributed by atoms with Crippen molar-refractivity contribution in [1.29, 1.82) is 0 Å². The number of nitrogens with two attached hydrogens (primary N) is 1. The van der Waals surface area contributed by atoms with Gasteiger partial charge in [0.05, 0.1) is 28.7 Å². The summed E-state index contributed by atoms with van der Waals surface area (Å²) < 4.78 is 1.69. The van der Waals surface area contributed by atoms with Crippen molar-refractivity contribution in [3.63, 3.8) is 0 Å². The molecular weight excluding hydrogens is 284 g/mol. The van der Waals surface area contributed by atoms with E-state index >= 15 is 0 Å². The number of piperidine rings is 1. The summed E-state index contributed by atoms with van der Waals surface area (Å²) >= 11 is 1.57. The molecule has 6 nitrogen and oxygen atoms in total. The van der Waals surface area contributed by atoms with Crippen molar-refractivity contribution in [3.8, 4) is 11.3 Å². The highest BCUT2D eigenvalue weighted by atomic mass is 32.1. The summed E-state index contributed by atoms with van der Waals surface area (Å²) in [6.45, 7) is 2.05. The number of nitrogen functional groups attached to an aromatic ring is 1. The highest BCUT2D eigenvalue weighted by Crippen LogP contribution is 2.28. The first-order chi connectivity index (χ1) is 10.3. The molecule has 21 heavy (non-hydrogen) atoms. The smallest absolute Gasteiger partial charge is 0.167 e. The topological polar surface area (TPSA) is 81.1 Å². The van der Waals surface area contributed by atoms with Crippen molar-refractivity contribution in [2.45, 2.75) is 18.8 Å². The van der Waals surface area contributed by atoms with Crippen LogP contribution in [-0.4, -0.2) is 32.7 Å². The van der Waals surface area contributed by atoms with Crippen molar-refractivity contribution in [3.05, 3.63) is 28.8 Å². The first kappa shape index (κ1) is 12.7. The predicted octanol–water partition coefficient (Wildman–Crippen LogP) is 1.90. The Kier molecular flexibility index (Phi) is 3.08. The van der Waals surface area contributed by atoms with Crippen molar-refractivity contribution < 1.29 is 0 Å². The number of hydrogen-bond acceptors (Lipinski definition) is 6. The zero-order valence-electron chi connectivity index (χ0n) is 11.5. The summed E-state index contributed by atoms with van der Waals surface area (Å²) in [5, 5.41) is 9.77. The van der Waals surface area contributed by atoms with E-state index in [4.69, 9.17) is 10.7 Å². The maximum Gasteiger partial charge on any atom is 0.167 e. The van der Waals surface area contributed by atoms with E-state index in [0.717, 1.165) is 42.1 Å². The van der Waals surface area contributed by atoms with Gasteiger partial charge >= 0.3 is 0 Å². The van der Waals surface area contributed by atoms with E-state index in [-0.39, 0.29) is 0 Å². The van der Waals surface area contributed by atoms with Gasteiger partial charge in [-0.15, -0.1) is 11.3 Å². The third-order valence-corrected chi connectivity index (χ3v) is 4.53. The average molecular weight is 300 g/mol. The first-order valence-electron chi connectivity index (χ1n) is 7.06. The highest BCUT2D eigenvalue weighted by molar-refractivity contribution is 7.07. The van der Waals surface area contributed by atoms with Gasteiger partial charge in [-0.3, -0.25) is 0 Å². The second kappa shape index (κ2) is 5.09. The van der Waals surface area contributed by atoms with Crippen LogP contribution < -0.4 is 11.1 Å². The van der Waals surface area contributed by atoms with Crippen molar-refractivity contribution >= 4 is 22.8 Å². The Bertz CT molecular complexity index is 757. The van der Waals surface area contributed by atoms with E-state index in [9.17, 15) is 0 Å². The maximum absolute atomic E-state index is 6.15. The molecule has 0 aromatic carbocycles. The molecule has 4 rings (SSSR count). The van der Waals surface area contributed by atoms with E-state index in [2.05, 4.69) is 15.4 Å². The monoisotopic (exact) mass is 300 g/mol. The fourth-order valence-electron chi connectivity index (χ4n) is 2.85. The van der Waals surface area contributed by atoms with Gasteiger partial charge < -0.3 is 11.1 Å². The Hall–Kier alpha value is -1.99. The third-order valence-electron chi connectivity index (χ3n) is 3.94. The van der Waals surface area contributed by atoms with Gasteiger partial charge in [0.25, 0.3) is 0 Å². The lowest BCUT2D eigenvalue weighted by atomic mass is 9.96. The van der Waals surface area contributed by atoms with Gasteiger partial charge in [-0.2, -0.15) is 9.61 Å². The lowest BCUT2D eigenvalue weighted by molar-refractivity contribution is 0.455. The molecular formula is C14H16N6S. The van der Waals surface area contributed by atoms with Gasteiger partial charge in [0.15, 0.2) is 5.65 Å². The van der Waals surface area contributed by atoms with Gasteiger partial charge in [-0.1, -0.05) is 0 Å². The second-order valence-electron chi connectivity index (χ2n) is 5.32. The summed E-state index contributed by atoms with van der Waals surface area (Å²) in [5.41, 5.74) is 11.6. The van der Waals surface area contributed by atoms with Crippen LogP contribution in [0.4, 0.5) is 5.82 Å². The van der Waals surface area contributed by atoms with E-state index in [1.807, 2.05) is 17.0 Å². The molecule has 4 heterocycles. The summed E-state index contributed by atoms with van der Waals surface area (Å²) in [4.78, 5) is 9.17. The van der Waals surface area contributed by atoms with Gasteiger partial charge in [0.1, 0.15) is 5.82 Å². The lowest BCUT2D eigenvalue weighted by Crippen LogP contribution is -2.29. The molecule has 1 unspecified atom stereocenters. The number of rotatable bonds is 2. The highest BCUT2D eigenvalue weighted by Gasteiger charge is 2.20. The Morgan fingerprint density at radius 2 is 2.38 bits per heavy atom. The third kappa shape index (κ3) is 2.18. The van der Waals surface area contributed by atoms with E-state index in [1.165, 1.54) is 6.42 Å². The van der Waals surface area contributed by atoms with Crippen LogP contribution in [0.2, 0.25) is 0 Å². The van der Waals surface area contributed by atoms with Crippen LogP contribution in [0.5, 0.6) is 0 Å². The molecule has 0 bridgehead atoms. The quantitative estimate of drug-likeness (QED) is 0.755. The first-order valence-corrected chi connectivity index (χ1v) is 8.00. The van der Waals surface area contributed by atoms with Gasteiger partial charge in [-0.25, -0.2) is 9.97 Å². The fourth-order valence-corrected chi connectivity index (χ4v) is 3.40. The number of nitrogens with zero attached hydrogens (tertiary/aromatic N) is 4. The van der Waals surface area contributed by atoms with Crippen molar-refractivity contribution in [1.82, 2.24) is 24.9 Å². The summed E-state index contributed by atoms with van der Waals surface area (Å²) in [5.74, 6) is 1.05. The number of nitrogens with one attached hydrogen (secondary N) is 1. The second-order valence-corrected chi connectivity index (χ2v) is 6.04. The lowest BCUT2D eigenvalue weighted by Gasteiger charge is -2.22. The summed E-state index contributed by atoms with van der Waals surface area (Å²) in [6.07, 6.45) is 4.11. The number of anilines is 1. The molecule has 1 fully saturated rings. The van der Waals surface area contributed by atoms with Crippen LogP contribution in [0.3, 0.4) is 0 Å².